The van der Waals surface area contributed by atoms with Crippen LogP contribution in [-0.4, -0.2) is 12.7 Å². The number of rotatable bonds is 3. The first kappa shape index (κ1) is 13.7. The van der Waals surface area contributed by atoms with Gasteiger partial charge in [-0.1, -0.05) is 25.2 Å². The smallest absolute Gasteiger partial charge is 0.316 e. The second kappa shape index (κ2) is 5.96. The van der Waals surface area contributed by atoms with E-state index in [-0.39, 0.29) is 13.0 Å². The van der Waals surface area contributed by atoms with Crippen LogP contribution in [0.3, 0.4) is 0 Å². The Labute approximate surface area is 108 Å². The summed E-state index contributed by atoms with van der Waals surface area (Å²) in [6.45, 7) is 2.26. The molecular formula is C15H22F2O. The van der Waals surface area contributed by atoms with Gasteiger partial charge >= 0.3 is 6.11 Å². The summed E-state index contributed by atoms with van der Waals surface area (Å²) in [6, 6.07) is 0. The zero-order valence-corrected chi connectivity index (χ0v) is 11.0. The SMILES string of the molecule is CC/C=C/C1CCC(C2=CCC(F)(F)OC2)CC1. The molecule has 0 aromatic carbocycles. The van der Waals surface area contributed by atoms with Crippen LogP contribution in [0, 0.1) is 11.8 Å². The Bertz CT molecular complexity index is 325. The van der Waals surface area contributed by atoms with E-state index >= 15 is 0 Å². The van der Waals surface area contributed by atoms with E-state index in [1.807, 2.05) is 0 Å². The Morgan fingerprint density at radius 1 is 1.33 bits per heavy atom. The lowest BCUT2D eigenvalue weighted by Gasteiger charge is -2.31. The fourth-order valence-corrected chi connectivity index (χ4v) is 2.85. The van der Waals surface area contributed by atoms with E-state index in [1.165, 1.54) is 12.8 Å². The minimum Gasteiger partial charge on any atom is -0.316 e. The standard InChI is InChI=1S/C15H22F2O/c1-2-3-4-12-5-7-13(8-6-12)14-9-10-15(16,17)18-11-14/h3-4,9,12-13H,2,5-8,10-11H2,1H3/b4-3+. The fraction of sp³-hybridized carbons (Fsp3) is 0.733. The van der Waals surface area contributed by atoms with Gasteiger partial charge < -0.3 is 4.74 Å². The molecule has 0 bridgehead atoms. The van der Waals surface area contributed by atoms with Crippen molar-refractivity contribution in [2.45, 2.75) is 51.6 Å². The average Bonchev–Trinajstić information content (AvgIpc) is 2.37. The van der Waals surface area contributed by atoms with Crippen molar-refractivity contribution in [3.8, 4) is 0 Å². The van der Waals surface area contributed by atoms with Crippen LogP contribution in [0.4, 0.5) is 8.78 Å². The first-order valence-corrected chi connectivity index (χ1v) is 6.98. The van der Waals surface area contributed by atoms with Gasteiger partial charge in [0.25, 0.3) is 0 Å². The van der Waals surface area contributed by atoms with Crippen LogP contribution >= 0.6 is 0 Å². The van der Waals surface area contributed by atoms with Crippen molar-refractivity contribution in [1.29, 1.82) is 0 Å². The van der Waals surface area contributed by atoms with Gasteiger partial charge in [-0.2, -0.15) is 8.78 Å². The third kappa shape index (κ3) is 3.64. The molecule has 1 aliphatic heterocycles. The van der Waals surface area contributed by atoms with Crippen molar-refractivity contribution in [3.05, 3.63) is 23.8 Å². The molecule has 1 nitrogen and oxygen atoms in total. The minimum absolute atomic E-state index is 0.118. The molecule has 0 amide bonds. The molecule has 1 fully saturated rings. The Hall–Kier alpha value is -0.700. The number of hydrogen-bond donors (Lipinski definition) is 0. The fourth-order valence-electron chi connectivity index (χ4n) is 2.85. The maximum absolute atomic E-state index is 12.9. The van der Waals surface area contributed by atoms with E-state index in [2.05, 4.69) is 23.8 Å². The normalized spacial score (nSPS) is 32.5. The molecule has 0 spiro atoms. The molecule has 0 atom stereocenters. The highest BCUT2D eigenvalue weighted by molar-refractivity contribution is 5.12. The maximum atomic E-state index is 12.9. The third-order valence-corrected chi connectivity index (χ3v) is 3.99. The lowest BCUT2D eigenvalue weighted by atomic mass is 9.78. The monoisotopic (exact) mass is 256 g/mol. The van der Waals surface area contributed by atoms with Crippen molar-refractivity contribution in [3.63, 3.8) is 0 Å². The molecule has 0 aromatic heterocycles. The molecule has 1 saturated carbocycles. The molecule has 0 aromatic rings. The molecule has 3 heteroatoms. The summed E-state index contributed by atoms with van der Waals surface area (Å²) >= 11 is 0. The second-order valence-corrected chi connectivity index (χ2v) is 5.36. The quantitative estimate of drug-likeness (QED) is 0.665. The van der Waals surface area contributed by atoms with E-state index < -0.39 is 6.11 Å². The van der Waals surface area contributed by atoms with Gasteiger partial charge in [0, 0.05) is 0 Å². The van der Waals surface area contributed by atoms with Gasteiger partial charge in [0.05, 0.1) is 13.0 Å². The molecule has 1 aliphatic carbocycles. The minimum atomic E-state index is -2.94. The highest BCUT2D eigenvalue weighted by Gasteiger charge is 2.34. The maximum Gasteiger partial charge on any atom is 0.359 e. The average molecular weight is 256 g/mol. The van der Waals surface area contributed by atoms with Gasteiger partial charge in [-0.3, -0.25) is 0 Å². The molecule has 2 rings (SSSR count). The Morgan fingerprint density at radius 3 is 2.61 bits per heavy atom. The molecular weight excluding hydrogens is 234 g/mol. The second-order valence-electron chi connectivity index (χ2n) is 5.36. The van der Waals surface area contributed by atoms with Crippen molar-refractivity contribution in [1.82, 2.24) is 0 Å². The zero-order chi connectivity index (χ0) is 13.0. The van der Waals surface area contributed by atoms with E-state index in [1.54, 1.807) is 6.08 Å². The van der Waals surface area contributed by atoms with Gasteiger partial charge in [-0.05, 0) is 49.5 Å². The number of ether oxygens (including phenoxy) is 1. The molecule has 0 saturated heterocycles. The van der Waals surface area contributed by atoms with Crippen LogP contribution in [0.25, 0.3) is 0 Å². The van der Waals surface area contributed by atoms with Crippen LogP contribution in [0.5, 0.6) is 0 Å². The molecule has 2 aliphatic rings. The third-order valence-electron chi connectivity index (χ3n) is 3.99. The predicted molar refractivity (Wildman–Crippen MR) is 68.5 cm³/mol. The zero-order valence-electron chi connectivity index (χ0n) is 11.0. The molecule has 0 radical (unpaired) electrons. The summed E-state index contributed by atoms with van der Waals surface area (Å²) in [6.07, 6.45) is 8.72. The topological polar surface area (TPSA) is 9.23 Å². The lowest BCUT2D eigenvalue weighted by molar-refractivity contribution is -0.236. The summed E-state index contributed by atoms with van der Waals surface area (Å²) in [5, 5.41) is 0. The van der Waals surface area contributed by atoms with Crippen LogP contribution < -0.4 is 0 Å². The molecule has 102 valence electrons. The summed E-state index contributed by atoms with van der Waals surface area (Å²) in [5.41, 5.74) is 1.10. The van der Waals surface area contributed by atoms with Gasteiger partial charge in [0.15, 0.2) is 0 Å². The van der Waals surface area contributed by atoms with Crippen molar-refractivity contribution >= 4 is 0 Å². The van der Waals surface area contributed by atoms with Gasteiger partial charge in [0.2, 0.25) is 0 Å². The molecule has 0 unspecified atom stereocenters. The highest BCUT2D eigenvalue weighted by Crippen LogP contribution is 2.37. The molecule has 0 N–H and O–H groups in total. The highest BCUT2D eigenvalue weighted by atomic mass is 19.3. The van der Waals surface area contributed by atoms with Gasteiger partial charge in [0.1, 0.15) is 0 Å². The number of alkyl halides is 2. The summed E-state index contributed by atoms with van der Waals surface area (Å²) < 4.78 is 30.3. The number of halogens is 2. The van der Waals surface area contributed by atoms with Crippen LogP contribution in [0.15, 0.2) is 23.8 Å². The number of allylic oxidation sites excluding steroid dienone is 2. The van der Waals surface area contributed by atoms with Gasteiger partial charge in [-0.25, -0.2) is 0 Å². The Balaban J connectivity index is 1.83. The lowest BCUT2D eigenvalue weighted by Crippen LogP contribution is -2.28. The van der Waals surface area contributed by atoms with E-state index in [0.717, 1.165) is 24.8 Å². The number of hydrogen-bond acceptors (Lipinski definition) is 1. The predicted octanol–water partition coefficient (Wildman–Crippen LogP) is 4.70. The summed E-state index contributed by atoms with van der Waals surface area (Å²) in [7, 11) is 0. The van der Waals surface area contributed by atoms with Crippen molar-refractivity contribution in [2.24, 2.45) is 11.8 Å². The van der Waals surface area contributed by atoms with E-state index in [9.17, 15) is 8.78 Å². The van der Waals surface area contributed by atoms with Crippen LogP contribution in [0.1, 0.15) is 45.4 Å². The van der Waals surface area contributed by atoms with Crippen LogP contribution in [-0.2, 0) is 4.74 Å². The summed E-state index contributed by atoms with van der Waals surface area (Å²) in [5.74, 6) is 1.15. The largest absolute Gasteiger partial charge is 0.359 e. The van der Waals surface area contributed by atoms with Crippen LogP contribution in [0.2, 0.25) is 0 Å². The van der Waals surface area contributed by atoms with Crippen molar-refractivity contribution < 1.29 is 13.5 Å². The molecule has 18 heavy (non-hydrogen) atoms. The summed E-state index contributed by atoms with van der Waals surface area (Å²) in [4.78, 5) is 0. The Kier molecular flexibility index (Phi) is 4.55. The Morgan fingerprint density at radius 2 is 2.06 bits per heavy atom. The molecule has 1 heterocycles. The first-order valence-electron chi connectivity index (χ1n) is 6.98. The van der Waals surface area contributed by atoms with Gasteiger partial charge in [-0.15, -0.1) is 0 Å². The van der Waals surface area contributed by atoms with E-state index in [0.29, 0.717) is 11.8 Å². The van der Waals surface area contributed by atoms with E-state index in [4.69, 9.17) is 0 Å². The van der Waals surface area contributed by atoms with Crippen molar-refractivity contribution in [2.75, 3.05) is 6.61 Å². The first-order chi connectivity index (χ1) is 8.61.